The van der Waals surface area contributed by atoms with Crippen LogP contribution in [0.4, 0.5) is 10.7 Å². The topological polar surface area (TPSA) is 134 Å². The number of aromatic amines is 1. The number of aromatic nitrogens is 3. The number of allylic oxidation sites excluding steroid dienone is 1. The maximum absolute atomic E-state index is 11.7. The van der Waals surface area contributed by atoms with Crippen LogP contribution in [0.25, 0.3) is 27.9 Å². The fourth-order valence-electron chi connectivity index (χ4n) is 4.04. The fourth-order valence-corrected chi connectivity index (χ4v) is 4.04. The van der Waals surface area contributed by atoms with Crippen molar-refractivity contribution in [2.24, 2.45) is 10.7 Å². The van der Waals surface area contributed by atoms with Crippen LogP contribution in [0.5, 0.6) is 0 Å². The molecule has 5 N–H and O–H groups in total. The number of carbonyl (C=O) groups excluding carboxylic acids is 1. The van der Waals surface area contributed by atoms with Crippen LogP contribution in [0.3, 0.4) is 0 Å². The van der Waals surface area contributed by atoms with E-state index in [0.29, 0.717) is 22.8 Å². The predicted molar refractivity (Wildman–Crippen MR) is 139 cm³/mol. The molecule has 1 atom stereocenters. The monoisotopic (exact) mass is 474 g/mol. The maximum Gasteiger partial charge on any atom is 0.413 e. The van der Waals surface area contributed by atoms with Crippen LogP contribution in [0.2, 0.25) is 0 Å². The molecule has 3 aromatic rings. The first-order valence-corrected chi connectivity index (χ1v) is 11.4. The van der Waals surface area contributed by atoms with Crippen LogP contribution < -0.4 is 16.4 Å². The molecular weight excluding hydrogens is 444 g/mol. The van der Waals surface area contributed by atoms with E-state index >= 15 is 0 Å². The summed E-state index contributed by atoms with van der Waals surface area (Å²) in [7, 11) is 1.29. The summed E-state index contributed by atoms with van der Waals surface area (Å²) in [4.78, 5) is 30.8. The number of benzene rings is 1. The van der Waals surface area contributed by atoms with Crippen molar-refractivity contribution in [1.29, 1.82) is 0 Å². The number of amides is 1. The smallest absolute Gasteiger partial charge is 0.413 e. The highest BCUT2D eigenvalue weighted by molar-refractivity contribution is 5.96. The Kier molecular flexibility index (Phi) is 7.54. The lowest BCUT2D eigenvalue weighted by Gasteiger charge is -2.31. The van der Waals surface area contributed by atoms with E-state index in [0.717, 1.165) is 48.6 Å². The van der Waals surface area contributed by atoms with E-state index in [9.17, 15) is 4.79 Å². The van der Waals surface area contributed by atoms with Gasteiger partial charge in [0.2, 0.25) is 5.95 Å². The third kappa shape index (κ3) is 5.92. The first-order valence-electron chi connectivity index (χ1n) is 11.4. The Bertz CT molecular complexity index is 1260. The van der Waals surface area contributed by atoms with Gasteiger partial charge in [-0.3, -0.25) is 20.2 Å². The lowest BCUT2D eigenvalue weighted by atomic mass is 10.0. The summed E-state index contributed by atoms with van der Waals surface area (Å²) in [6.45, 7) is 10.1. The van der Waals surface area contributed by atoms with E-state index in [1.165, 1.54) is 13.3 Å². The molecule has 2 aromatic heterocycles. The Balaban J connectivity index is 1.65. The number of hydrogen-bond donors (Lipinski definition) is 4. The predicted octanol–water partition coefficient (Wildman–Crippen LogP) is 3.11. The summed E-state index contributed by atoms with van der Waals surface area (Å²) in [5.41, 5.74) is 10.9. The molecule has 182 valence electrons. The zero-order valence-corrected chi connectivity index (χ0v) is 19.9. The van der Waals surface area contributed by atoms with Gasteiger partial charge in [0.25, 0.3) is 0 Å². The summed E-state index contributed by atoms with van der Waals surface area (Å²) in [6, 6.07) is 8.51. The summed E-state index contributed by atoms with van der Waals surface area (Å²) in [5, 5.41) is 6.02. The zero-order valence-electron chi connectivity index (χ0n) is 19.9. The number of hydrogen-bond acceptors (Lipinski definition) is 8. The quantitative estimate of drug-likeness (QED) is 0.387. The van der Waals surface area contributed by atoms with Crippen molar-refractivity contribution in [2.45, 2.75) is 19.5 Å². The Morgan fingerprint density at radius 1 is 1.40 bits per heavy atom. The number of fused-ring (bicyclic) bond motifs is 1. The lowest BCUT2D eigenvalue weighted by Crippen LogP contribution is -2.48. The van der Waals surface area contributed by atoms with E-state index in [1.807, 2.05) is 18.3 Å². The van der Waals surface area contributed by atoms with E-state index in [-0.39, 0.29) is 5.95 Å². The van der Waals surface area contributed by atoms with Gasteiger partial charge in [-0.15, -0.1) is 0 Å². The number of methoxy groups -OCH3 is 1. The van der Waals surface area contributed by atoms with E-state index in [4.69, 9.17) is 10.7 Å². The van der Waals surface area contributed by atoms with Crippen molar-refractivity contribution >= 4 is 35.0 Å². The molecule has 4 rings (SSSR count). The van der Waals surface area contributed by atoms with Gasteiger partial charge >= 0.3 is 6.09 Å². The number of H-pyrrole nitrogens is 1. The molecule has 3 heterocycles. The van der Waals surface area contributed by atoms with Gasteiger partial charge in [0.05, 0.1) is 29.5 Å². The van der Waals surface area contributed by atoms with Gasteiger partial charge in [-0.05, 0) is 43.0 Å². The number of imidazole rings is 1. The van der Waals surface area contributed by atoms with Crippen molar-refractivity contribution in [3.8, 4) is 11.1 Å². The Labute approximate surface area is 204 Å². The van der Waals surface area contributed by atoms with Crippen molar-refractivity contribution in [2.75, 3.05) is 32.1 Å². The summed E-state index contributed by atoms with van der Waals surface area (Å²) in [6.07, 6.45) is 5.83. The van der Waals surface area contributed by atoms with Crippen LogP contribution >= 0.6 is 0 Å². The number of carbonyl (C=O) groups is 1. The average Bonchev–Trinajstić information content (AvgIpc) is 3.26. The highest BCUT2D eigenvalue weighted by Crippen LogP contribution is 2.31. The van der Waals surface area contributed by atoms with Crippen molar-refractivity contribution < 1.29 is 9.53 Å². The summed E-state index contributed by atoms with van der Waals surface area (Å²) >= 11 is 0. The molecule has 10 heteroatoms. The van der Waals surface area contributed by atoms with Crippen LogP contribution in [-0.4, -0.2) is 64.9 Å². The van der Waals surface area contributed by atoms with Crippen molar-refractivity contribution in [3.63, 3.8) is 0 Å². The number of anilines is 1. The molecule has 1 aliphatic rings. The Morgan fingerprint density at radius 3 is 2.97 bits per heavy atom. The normalized spacial score (nSPS) is 16.8. The number of nitrogens with zero attached hydrogens (tertiary/aromatic N) is 4. The molecule has 0 radical (unpaired) electrons. The first kappa shape index (κ1) is 24.1. The van der Waals surface area contributed by atoms with Gasteiger partial charge in [0.15, 0.2) is 0 Å². The third-order valence-electron chi connectivity index (χ3n) is 5.73. The molecule has 1 amide bonds. The molecule has 1 aromatic carbocycles. The van der Waals surface area contributed by atoms with Gasteiger partial charge in [-0.1, -0.05) is 12.6 Å². The van der Waals surface area contributed by atoms with Gasteiger partial charge in [0.1, 0.15) is 0 Å². The van der Waals surface area contributed by atoms with Gasteiger partial charge < -0.3 is 20.8 Å². The number of rotatable bonds is 7. The SMILES string of the molecule is C=C(/N=C\C=C/N)c1cc(-c2ccc(CN3CCNC(C)C3)nc2)cc2nc(NC(=O)OC)[nH]c12. The molecule has 1 saturated heterocycles. The molecule has 0 aliphatic carbocycles. The number of nitrogens with one attached hydrogen (secondary N) is 3. The fraction of sp³-hybridized carbons (Fsp3) is 0.280. The molecule has 1 unspecified atom stereocenters. The molecule has 1 aliphatic heterocycles. The van der Waals surface area contributed by atoms with Gasteiger partial charge in [-0.25, -0.2) is 9.78 Å². The second-order valence-corrected chi connectivity index (χ2v) is 8.36. The minimum Gasteiger partial charge on any atom is -0.453 e. The minimum absolute atomic E-state index is 0.266. The second kappa shape index (κ2) is 10.9. The van der Waals surface area contributed by atoms with E-state index in [1.54, 1.807) is 12.3 Å². The number of ether oxygens (including phenoxy) is 1. The molecule has 10 nitrogen and oxygen atoms in total. The standard InChI is InChI=1S/C25H30N8O2/c1-16-14-33(10-9-27-16)15-20-6-5-18(13-29-20)19-11-21(17(2)28-8-4-7-26)23-22(12-19)30-24(31-23)32-25(34)35-3/h4-8,11-13,16,27H,2,9-10,14-15,26H2,1,3H3,(H2,30,31,32,34)/b7-4-,28-8-. The first-order chi connectivity index (χ1) is 17.0. The molecule has 1 fully saturated rings. The van der Waals surface area contributed by atoms with Crippen LogP contribution in [0.1, 0.15) is 18.2 Å². The zero-order chi connectivity index (χ0) is 24.8. The molecular formula is C25H30N8O2. The summed E-state index contributed by atoms with van der Waals surface area (Å²) < 4.78 is 4.67. The Morgan fingerprint density at radius 2 is 2.26 bits per heavy atom. The van der Waals surface area contributed by atoms with Crippen LogP contribution in [0.15, 0.2) is 54.3 Å². The number of piperazine rings is 1. The highest BCUT2D eigenvalue weighted by atomic mass is 16.5. The number of nitrogens with two attached hydrogens (primary N) is 1. The van der Waals surface area contributed by atoms with Crippen molar-refractivity contribution in [3.05, 3.63) is 60.6 Å². The highest BCUT2D eigenvalue weighted by Gasteiger charge is 2.17. The molecule has 0 spiro atoms. The Hall–Kier alpha value is -4.02. The number of pyridine rings is 1. The van der Waals surface area contributed by atoms with Gasteiger partial charge in [-0.2, -0.15) is 0 Å². The van der Waals surface area contributed by atoms with Crippen LogP contribution in [0, 0.1) is 0 Å². The molecule has 35 heavy (non-hydrogen) atoms. The minimum atomic E-state index is -0.616. The second-order valence-electron chi connectivity index (χ2n) is 8.36. The van der Waals surface area contributed by atoms with Crippen molar-refractivity contribution in [1.82, 2.24) is 25.2 Å². The molecule has 0 bridgehead atoms. The summed E-state index contributed by atoms with van der Waals surface area (Å²) in [5.74, 6) is 0.266. The largest absolute Gasteiger partial charge is 0.453 e. The van der Waals surface area contributed by atoms with E-state index < -0.39 is 6.09 Å². The number of aliphatic imine (C=N–C) groups is 1. The van der Waals surface area contributed by atoms with Gasteiger partial charge in [0, 0.05) is 55.8 Å². The molecule has 0 saturated carbocycles. The van der Waals surface area contributed by atoms with E-state index in [2.05, 4.69) is 60.9 Å². The third-order valence-corrected chi connectivity index (χ3v) is 5.73. The van der Waals surface area contributed by atoms with Crippen LogP contribution in [-0.2, 0) is 11.3 Å². The average molecular weight is 475 g/mol. The lowest BCUT2D eigenvalue weighted by molar-refractivity contribution is 0.186. The maximum atomic E-state index is 11.7.